The van der Waals surface area contributed by atoms with Gasteiger partial charge in [-0.25, -0.2) is 0 Å². The summed E-state index contributed by atoms with van der Waals surface area (Å²) in [7, 11) is 0. The van der Waals surface area contributed by atoms with E-state index in [4.69, 9.17) is 0 Å². The molecule has 1 aromatic carbocycles. The van der Waals surface area contributed by atoms with Crippen LogP contribution < -0.4 is 10.9 Å². The Kier molecular flexibility index (Phi) is 5.64. The van der Waals surface area contributed by atoms with Crippen LogP contribution in [0.25, 0.3) is 0 Å². The highest BCUT2D eigenvalue weighted by Gasteiger charge is 2.13. The summed E-state index contributed by atoms with van der Waals surface area (Å²) in [5.41, 5.74) is 5.18. The molecule has 0 aromatic heterocycles. The summed E-state index contributed by atoms with van der Waals surface area (Å²) in [5.74, 6) is -0.611. The van der Waals surface area contributed by atoms with Gasteiger partial charge < -0.3 is 0 Å². The van der Waals surface area contributed by atoms with E-state index in [1.54, 1.807) is 24.3 Å². The van der Waals surface area contributed by atoms with Gasteiger partial charge in [0, 0.05) is 10.0 Å². The summed E-state index contributed by atoms with van der Waals surface area (Å²) in [6, 6.07) is 6.85. The number of amides is 2. The van der Waals surface area contributed by atoms with Crippen LogP contribution in [0.2, 0.25) is 0 Å². The number of nitrogens with one attached hydrogen (secondary N) is 2. The number of carbonyl (C=O) groups excluding carboxylic acids is 2. The first kappa shape index (κ1) is 14.2. The zero-order chi connectivity index (χ0) is 12.8. The minimum atomic E-state index is -0.346. The van der Waals surface area contributed by atoms with Crippen LogP contribution in [0.3, 0.4) is 0 Å². The Labute approximate surface area is 116 Å². The van der Waals surface area contributed by atoms with Gasteiger partial charge in [0.25, 0.3) is 11.8 Å². The summed E-state index contributed by atoms with van der Waals surface area (Å²) in [6.45, 7) is 1.87. The highest BCUT2D eigenvalue weighted by atomic mass is 79.9. The van der Waals surface area contributed by atoms with Crippen molar-refractivity contribution >= 4 is 43.7 Å². The van der Waals surface area contributed by atoms with Gasteiger partial charge in [-0.2, -0.15) is 0 Å². The van der Waals surface area contributed by atoms with Crippen molar-refractivity contribution in [3.63, 3.8) is 0 Å². The molecule has 0 aliphatic heterocycles. The fraction of sp³-hybridized carbons (Fsp3) is 0.273. The lowest BCUT2D eigenvalue weighted by atomic mass is 10.2. The molecule has 0 radical (unpaired) electrons. The standard InChI is InChI=1S/C11H12Br2N2O2/c1-2-9(13)11(17)15-14-10(16)7-3-5-8(12)6-4-7/h3-6,9H,2H2,1H3,(H,14,16)(H,15,17). The summed E-state index contributed by atoms with van der Waals surface area (Å²) in [6.07, 6.45) is 0.653. The number of rotatable bonds is 3. The Morgan fingerprint density at radius 3 is 2.35 bits per heavy atom. The predicted octanol–water partition coefficient (Wildman–Crippen LogP) is 2.38. The molecule has 0 spiro atoms. The molecule has 1 aromatic rings. The van der Waals surface area contributed by atoms with Gasteiger partial charge in [0.05, 0.1) is 4.83 Å². The Bertz CT molecular complexity index is 406. The predicted molar refractivity (Wildman–Crippen MR) is 72.8 cm³/mol. The first-order chi connectivity index (χ1) is 8.04. The molecule has 17 heavy (non-hydrogen) atoms. The van der Waals surface area contributed by atoms with Crippen molar-refractivity contribution in [2.45, 2.75) is 18.2 Å². The van der Waals surface area contributed by atoms with Crippen LogP contribution >= 0.6 is 31.9 Å². The minimum Gasteiger partial charge on any atom is -0.272 e. The third kappa shape index (κ3) is 4.47. The number of hydrazine groups is 1. The van der Waals surface area contributed by atoms with Gasteiger partial charge in [-0.3, -0.25) is 20.4 Å². The summed E-state index contributed by atoms with van der Waals surface area (Å²) in [4.78, 5) is 22.7. The van der Waals surface area contributed by atoms with Crippen LogP contribution in [0.1, 0.15) is 23.7 Å². The Morgan fingerprint density at radius 1 is 1.24 bits per heavy atom. The second kappa shape index (κ2) is 6.76. The van der Waals surface area contributed by atoms with Crippen LogP contribution in [0.5, 0.6) is 0 Å². The van der Waals surface area contributed by atoms with E-state index in [1.807, 2.05) is 6.92 Å². The minimum absolute atomic E-state index is 0.266. The van der Waals surface area contributed by atoms with Crippen molar-refractivity contribution in [1.82, 2.24) is 10.9 Å². The van der Waals surface area contributed by atoms with E-state index >= 15 is 0 Å². The monoisotopic (exact) mass is 362 g/mol. The molecule has 0 aliphatic carbocycles. The molecule has 92 valence electrons. The third-order valence-electron chi connectivity index (χ3n) is 2.05. The molecule has 2 N–H and O–H groups in total. The molecule has 0 saturated heterocycles. The smallest absolute Gasteiger partial charge is 0.269 e. The Morgan fingerprint density at radius 2 is 1.82 bits per heavy atom. The molecule has 0 aliphatic rings. The van der Waals surface area contributed by atoms with E-state index in [-0.39, 0.29) is 16.6 Å². The van der Waals surface area contributed by atoms with Gasteiger partial charge in [-0.05, 0) is 30.7 Å². The number of halogens is 2. The maximum Gasteiger partial charge on any atom is 0.269 e. The van der Waals surface area contributed by atoms with Gasteiger partial charge in [0.15, 0.2) is 0 Å². The second-order valence-corrected chi connectivity index (χ2v) is 5.35. The van der Waals surface area contributed by atoms with Crippen molar-refractivity contribution in [2.24, 2.45) is 0 Å². The maximum atomic E-state index is 11.6. The summed E-state index contributed by atoms with van der Waals surface area (Å²) < 4.78 is 0.893. The van der Waals surface area contributed by atoms with Crippen LogP contribution in [0.4, 0.5) is 0 Å². The maximum absolute atomic E-state index is 11.6. The van der Waals surface area contributed by atoms with Crippen molar-refractivity contribution in [3.05, 3.63) is 34.3 Å². The topological polar surface area (TPSA) is 58.2 Å². The molecule has 1 rings (SSSR count). The third-order valence-corrected chi connectivity index (χ3v) is 3.64. The highest BCUT2D eigenvalue weighted by molar-refractivity contribution is 9.10. The highest BCUT2D eigenvalue weighted by Crippen LogP contribution is 2.10. The lowest BCUT2D eigenvalue weighted by Gasteiger charge is -2.10. The van der Waals surface area contributed by atoms with Gasteiger partial charge in [-0.15, -0.1) is 0 Å². The first-order valence-corrected chi connectivity index (χ1v) is 6.75. The molecule has 0 saturated carbocycles. The van der Waals surface area contributed by atoms with E-state index in [2.05, 4.69) is 42.7 Å². The fourth-order valence-electron chi connectivity index (χ4n) is 1.06. The largest absolute Gasteiger partial charge is 0.272 e. The van der Waals surface area contributed by atoms with E-state index in [0.29, 0.717) is 12.0 Å². The molecule has 0 bridgehead atoms. The Balaban J connectivity index is 2.50. The fourth-order valence-corrected chi connectivity index (χ4v) is 1.43. The lowest BCUT2D eigenvalue weighted by Crippen LogP contribution is -2.44. The lowest BCUT2D eigenvalue weighted by molar-refractivity contribution is -0.121. The van der Waals surface area contributed by atoms with Crippen LogP contribution in [0.15, 0.2) is 28.7 Å². The second-order valence-electron chi connectivity index (χ2n) is 3.33. The van der Waals surface area contributed by atoms with Crippen molar-refractivity contribution < 1.29 is 9.59 Å². The van der Waals surface area contributed by atoms with Crippen molar-refractivity contribution in [3.8, 4) is 0 Å². The van der Waals surface area contributed by atoms with E-state index < -0.39 is 0 Å². The van der Waals surface area contributed by atoms with Crippen LogP contribution in [-0.2, 0) is 4.79 Å². The average Bonchev–Trinajstić information content (AvgIpc) is 2.35. The molecule has 1 unspecified atom stereocenters. The molecule has 6 heteroatoms. The molecule has 2 amide bonds. The number of benzene rings is 1. The average molecular weight is 364 g/mol. The van der Waals surface area contributed by atoms with Gasteiger partial charge >= 0.3 is 0 Å². The molecule has 1 atom stereocenters. The van der Waals surface area contributed by atoms with Gasteiger partial charge in [0.1, 0.15) is 0 Å². The van der Waals surface area contributed by atoms with E-state index in [1.165, 1.54) is 0 Å². The zero-order valence-electron chi connectivity index (χ0n) is 9.17. The SMILES string of the molecule is CCC(Br)C(=O)NNC(=O)c1ccc(Br)cc1. The van der Waals surface area contributed by atoms with Crippen molar-refractivity contribution in [1.29, 1.82) is 0 Å². The summed E-state index contributed by atoms with van der Waals surface area (Å²) >= 11 is 6.47. The normalized spacial score (nSPS) is 11.7. The first-order valence-electron chi connectivity index (χ1n) is 5.04. The molecule has 0 fully saturated rings. The van der Waals surface area contributed by atoms with Gasteiger partial charge in [-0.1, -0.05) is 38.8 Å². The van der Waals surface area contributed by atoms with Crippen molar-refractivity contribution in [2.75, 3.05) is 0 Å². The summed E-state index contributed by atoms with van der Waals surface area (Å²) in [5, 5.41) is 0. The number of hydrogen-bond acceptors (Lipinski definition) is 2. The molecular weight excluding hydrogens is 352 g/mol. The molecular formula is C11H12Br2N2O2. The molecule has 0 heterocycles. The van der Waals surface area contributed by atoms with E-state index in [0.717, 1.165) is 4.47 Å². The number of carbonyl (C=O) groups is 2. The zero-order valence-corrected chi connectivity index (χ0v) is 12.3. The Hall–Kier alpha value is -0.880. The quantitative estimate of drug-likeness (QED) is 0.639. The van der Waals surface area contributed by atoms with Crippen LogP contribution in [-0.4, -0.2) is 16.6 Å². The van der Waals surface area contributed by atoms with Gasteiger partial charge in [0.2, 0.25) is 0 Å². The van der Waals surface area contributed by atoms with E-state index in [9.17, 15) is 9.59 Å². The molecule has 4 nitrogen and oxygen atoms in total. The number of hydrogen-bond donors (Lipinski definition) is 2. The van der Waals surface area contributed by atoms with Crippen LogP contribution in [0, 0.1) is 0 Å². The number of alkyl halides is 1.